The average Bonchev–Trinajstić information content (AvgIpc) is 3.03. The Morgan fingerprint density at radius 2 is 1.97 bits per heavy atom. The predicted molar refractivity (Wildman–Crippen MR) is 125 cm³/mol. The molecule has 1 amide bonds. The number of fused-ring (bicyclic) bond motifs is 3. The molecule has 0 radical (unpaired) electrons. The van der Waals surface area contributed by atoms with Gasteiger partial charge < -0.3 is 10.2 Å². The average molecular weight is 452 g/mol. The summed E-state index contributed by atoms with van der Waals surface area (Å²) in [5.41, 5.74) is 2.25. The molecule has 172 valence electrons. The maximum atomic E-state index is 15.0. The van der Waals surface area contributed by atoms with E-state index in [-0.39, 0.29) is 23.3 Å². The minimum atomic E-state index is -0.490. The Kier molecular flexibility index (Phi) is 5.94. The van der Waals surface area contributed by atoms with Crippen molar-refractivity contribution in [3.05, 3.63) is 52.5 Å². The first kappa shape index (κ1) is 22.5. The fourth-order valence-corrected chi connectivity index (χ4v) is 3.79. The number of aromatic nitrogens is 5. The number of imidazole rings is 1. The van der Waals surface area contributed by atoms with E-state index in [1.807, 2.05) is 32.8 Å². The van der Waals surface area contributed by atoms with Gasteiger partial charge in [-0.25, -0.2) is 9.18 Å². The summed E-state index contributed by atoms with van der Waals surface area (Å²) in [6.07, 6.45) is 1.47. The number of hydrogen-bond acceptors (Lipinski definition) is 6. The van der Waals surface area contributed by atoms with Crippen LogP contribution in [0.15, 0.2) is 35.3 Å². The molecule has 1 N–H and O–H groups in total. The van der Waals surface area contributed by atoms with Crippen LogP contribution in [0, 0.1) is 5.82 Å². The lowest BCUT2D eigenvalue weighted by Crippen LogP contribution is -2.31. The molecule has 0 unspecified atom stereocenters. The summed E-state index contributed by atoms with van der Waals surface area (Å²) in [6, 6.07) is 6.07. The number of nitrogens with zero attached hydrogens (tertiary/aromatic N) is 6. The molecular formula is C23H26FN7O2. The third kappa shape index (κ3) is 4.09. The van der Waals surface area contributed by atoms with E-state index in [2.05, 4.69) is 20.5 Å². The van der Waals surface area contributed by atoms with E-state index < -0.39 is 5.82 Å². The lowest BCUT2D eigenvalue weighted by molar-refractivity contribution is 0.0946. The fraction of sp³-hybridized carbons (Fsp3) is 0.348. The summed E-state index contributed by atoms with van der Waals surface area (Å²) in [4.78, 5) is 31.2. The van der Waals surface area contributed by atoms with Crippen LogP contribution < -0.4 is 11.0 Å². The molecule has 33 heavy (non-hydrogen) atoms. The van der Waals surface area contributed by atoms with Crippen LogP contribution in [0.5, 0.6) is 0 Å². The van der Waals surface area contributed by atoms with E-state index in [9.17, 15) is 14.0 Å². The first-order valence-corrected chi connectivity index (χ1v) is 10.6. The number of rotatable bonds is 6. The number of carbonyl (C=O) groups excluding carboxylic acids is 1. The van der Waals surface area contributed by atoms with Crippen molar-refractivity contribution in [2.45, 2.75) is 19.9 Å². The van der Waals surface area contributed by atoms with Crippen molar-refractivity contribution in [3.8, 4) is 11.1 Å². The molecule has 0 saturated carbocycles. The van der Waals surface area contributed by atoms with Crippen LogP contribution in [-0.2, 0) is 7.05 Å². The van der Waals surface area contributed by atoms with Crippen molar-refractivity contribution in [1.82, 2.24) is 34.5 Å². The van der Waals surface area contributed by atoms with E-state index in [0.717, 1.165) is 0 Å². The minimum absolute atomic E-state index is 0.117. The van der Waals surface area contributed by atoms with E-state index >= 15 is 0 Å². The zero-order valence-electron chi connectivity index (χ0n) is 19.3. The molecule has 1 aromatic carbocycles. The van der Waals surface area contributed by atoms with Gasteiger partial charge in [0.2, 0.25) is 0 Å². The Morgan fingerprint density at radius 3 is 2.61 bits per heavy atom. The highest BCUT2D eigenvalue weighted by Gasteiger charge is 2.20. The summed E-state index contributed by atoms with van der Waals surface area (Å²) in [7, 11) is 5.49. The highest BCUT2D eigenvalue weighted by atomic mass is 19.1. The standard InChI is InChI=1S/C23H26FN7O2/c1-13(2)31-20-16-10-15(17(24)11-19(16)27-28-21(20)30(5)23(31)33)14-6-7-18(26-12-14)22(32)25-8-9-29(3)4/h6-7,10-13H,8-9H2,1-5H3,(H,25,32). The Balaban J connectivity index is 1.77. The van der Waals surface area contributed by atoms with Crippen LogP contribution in [0.4, 0.5) is 4.39 Å². The zero-order valence-corrected chi connectivity index (χ0v) is 19.3. The first-order valence-electron chi connectivity index (χ1n) is 10.6. The molecule has 0 aliphatic heterocycles. The molecule has 0 bridgehead atoms. The van der Waals surface area contributed by atoms with E-state index in [1.165, 1.54) is 16.8 Å². The molecule has 9 nitrogen and oxygen atoms in total. The quantitative estimate of drug-likeness (QED) is 0.483. The SMILES string of the molecule is CC(C)n1c(=O)n(C)c2nnc3cc(F)c(-c4ccc(C(=O)NCCN(C)C)nc4)cc3c21. The fourth-order valence-electron chi connectivity index (χ4n) is 3.79. The minimum Gasteiger partial charge on any atom is -0.349 e. The molecule has 3 aromatic heterocycles. The number of nitrogens with one attached hydrogen (secondary N) is 1. The Morgan fingerprint density at radius 1 is 1.21 bits per heavy atom. The topological polar surface area (TPSA) is 97.9 Å². The van der Waals surface area contributed by atoms with Crippen molar-refractivity contribution in [2.24, 2.45) is 7.05 Å². The summed E-state index contributed by atoms with van der Waals surface area (Å²) in [5, 5.41) is 11.7. The number of likely N-dealkylation sites (N-methyl/N-ethyl adjacent to an activating group) is 1. The second-order valence-electron chi connectivity index (χ2n) is 8.52. The van der Waals surface area contributed by atoms with Crippen LogP contribution >= 0.6 is 0 Å². The van der Waals surface area contributed by atoms with Crippen LogP contribution in [-0.4, -0.2) is 62.3 Å². The summed E-state index contributed by atoms with van der Waals surface area (Å²) >= 11 is 0. The number of amides is 1. The van der Waals surface area contributed by atoms with E-state index in [0.29, 0.717) is 46.3 Å². The number of carbonyl (C=O) groups is 1. The van der Waals surface area contributed by atoms with Crippen molar-refractivity contribution in [2.75, 3.05) is 27.2 Å². The smallest absolute Gasteiger partial charge is 0.330 e. The molecule has 0 atom stereocenters. The van der Waals surface area contributed by atoms with Crippen LogP contribution in [0.25, 0.3) is 33.2 Å². The molecule has 0 fully saturated rings. The largest absolute Gasteiger partial charge is 0.349 e. The summed E-state index contributed by atoms with van der Waals surface area (Å²) in [6.45, 7) is 5.03. The molecule has 0 aliphatic carbocycles. The molecule has 3 heterocycles. The van der Waals surface area contributed by atoms with Crippen molar-refractivity contribution >= 4 is 28.0 Å². The van der Waals surface area contributed by atoms with Crippen LogP contribution in [0.3, 0.4) is 0 Å². The Bertz CT molecular complexity index is 1400. The van der Waals surface area contributed by atoms with Gasteiger partial charge in [0.25, 0.3) is 5.91 Å². The van der Waals surface area contributed by atoms with Gasteiger partial charge in [0, 0.05) is 55.0 Å². The lowest BCUT2D eigenvalue weighted by atomic mass is 10.0. The third-order valence-electron chi connectivity index (χ3n) is 5.52. The molecule has 0 saturated heterocycles. The van der Waals surface area contributed by atoms with E-state index in [1.54, 1.807) is 29.8 Å². The van der Waals surface area contributed by atoms with Gasteiger partial charge in [0.15, 0.2) is 5.65 Å². The predicted octanol–water partition coefficient (Wildman–Crippen LogP) is 2.36. The number of hydrogen-bond donors (Lipinski definition) is 1. The maximum Gasteiger partial charge on any atom is 0.330 e. The molecule has 10 heteroatoms. The van der Waals surface area contributed by atoms with Crippen molar-refractivity contribution in [1.29, 1.82) is 0 Å². The van der Waals surface area contributed by atoms with Gasteiger partial charge in [-0.05, 0) is 40.1 Å². The van der Waals surface area contributed by atoms with Gasteiger partial charge in [-0.15, -0.1) is 10.2 Å². The molecule has 0 aliphatic rings. The Hall–Kier alpha value is -3.66. The molecule has 0 spiro atoms. The highest BCUT2D eigenvalue weighted by molar-refractivity contribution is 6.02. The van der Waals surface area contributed by atoms with Gasteiger partial charge in [-0.3, -0.25) is 18.9 Å². The van der Waals surface area contributed by atoms with Crippen molar-refractivity contribution in [3.63, 3.8) is 0 Å². The normalized spacial score (nSPS) is 11.8. The van der Waals surface area contributed by atoms with Gasteiger partial charge in [0.1, 0.15) is 17.0 Å². The van der Waals surface area contributed by atoms with Crippen LogP contribution in [0.2, 0.25) is 0 Å². The number of aryl methyl sites for hydroxylation is 1. The zero-order chi connectivity index (χ0) is 23.9. The first-order chi connectivity index (χ1) is 15.7. The maximum absolute atomic E-state index is 15.0. The second-order valence-corrected chi connectivity index (χ2v) is 8.52. The van der Waals surface area contributed by atoms with Gasteiger partial charge in [0.05, 0.1) is 5.52 Å². The summed E-state index contributed by atoms with van der Waals surface area (Å²) in [5.74, 6) is -0.778. The summed E-state index contributed by atoms with van der Waals surface area (Å²) < 4.78 is 18.1. The lowest BCUT2D eigenvalue weighted by Gasteiger charge is -2.11. The molecule has 4 rings (SSSR count). The number of pyridine rings is 1. The second kappa shape index (κ2) is 8.70. The number of benzene rings is 1. The van der Waals surface area contributed by atoms with Crippen LogP contribution in [0.1, 0.15) is 30.4 Å². The third-order valence-corrected chi connectivity index (χ3v) is 5.52. The monoisotopic (exact) mass is 451 g/mol. The van der Waals surface area contributed by atoms with Gasteiger partial charge >= 0.3 is 5.69 Å². The number of halogens is 1. The Labute approximate surface area is 189 Å². The van der Waals surface area contributed by atoms with Crippen molar-refractivity contribution < 1.29 is 9.18 Å². The highest BCUT2D eigenvalue weighted by Crippen LogP contribution is 2.30. The van der Waals surface area contributed by atoms with E-state index in [4.69, 9.17) is 0 Å². The molecule has 4 aromatic rings. The van der Waals surface area contributed by atoms with Gasteiger partial charge in [-0.1, -0.05) is 6.07 Å². The molecular weight excluding hydrogens is 425 g/mol. The van der Waals surface area contributed by atoms with Gasteiger partial charge in [-0.2, -0.15) is 0 Å².